The predicted molar refractivity (Wildman–Crippen MR) is 74.3 cm³/mol. The van der Waals surface area contributed by atoms with Crippen LogP contribution in [0.4, 0.5) is 5.69 Å². The lowest BCUT2D eigenvalue weighted by molar-refractivity contribution is 0.174. The Morgan fingerprint density at radius 1 is 1.00 bits per heavy atom. The Kier molecular flexibility index (Phi) is 2.00. The van der Waals surface area contributed by atoms with Crippen molar-refractivity contribution in [2.24, 2.45) is 0 Å². The summed E-state index contributed by atoms with van der Waals surface area (Å²) >= 11 is 0. The molecule has 0 amide bonds. The van der Waals surface area contributed by atoms with E-state index in [4.69, 9.17) is 15.2 Å². The first-order chi connectivity index (χ1) is 9.33. The number of nitrogen functional groups attached to an aromatic ring is 1. The molecular weight excluding hydrogens is 240 g/mol. The molecule has 2 heterocycles. The number of aromatic nitrogens is 1. The molecule has 2 aromatic carbocycles. The van der Waals surface area contributed by atoms with E-state index in [9.17, 15) is 0 Å². The molecule has 0 aliphatic carbocycles. The molecule has 4 rings (SSSR count). The normalized spacial score (nSPS) is 13.1. The number of benzene rings is 2. The van der Waals surface area contributed by atoms with Crippen LogP contribution in [0.2, 0.25) is 0 Å². The maximum absolute atomic E-state index is 6.21. The Balaban J connectivity index is 1.92. The molecule has 0 saturated heterocycles. The molecule has 3 aromatic rings. The van der Waals surface area contributed by atoms with Crippen LogP contribution >= 0.6 is 0 Å². The fraction of sp³-hybridized carbons (Fsp3) is 0.0667. The fourth-order valence-corrected chi connectivity index (χ4v) is 2.44. The van der Waals surface area contributed by atoms with Gasteiger partial charge in [0.05, 0.1) is 11.4 Å². The van der Waals surface area contributed by atoms with Crippen molar-refractivity contribution in [3.8, 4) is 22.8 Å². The van der Waals surface area contributed by atoms with Crippen molar-refractivity contribution in [3.63, 3.8) is 0 Å². The number of H-pyrrole nitrogens is 1. The van der Waals surface area contributed by atoms with Gasteiger partial charge < -0.3 is 20.2 Å². The third-order valence-electron chi connectivity index (χ3n) is 3.41. The van der Waals surface area contributed by atoms with Crippen LogP contribution in [0, 0.1) is 0 Å². The van der Waals surface area contributed by atoms with Crippen LogP contribution in [-0.2, 0) is 0 Å². The van der Waals surface area contributed by atoms with Crippen molar-refractivity contribution in [1.82, 2.24) is 4.98 Å². The third kappa shape index (κ3) is 1.46. The topological polar surface area (TPSA) is 60.3 Å². The van der Waals surface area contributed by atoms with E-state index >= 15 is 0 Å². The quantitative estimate of drug-likeness (QED) is 0.699. The molecule has 4 nitrogen and oxygen atoms in total. The maximum atomic E-state index is 6.21. The third-order valence-corrected chi connectivity index (χ3v) is 3.41. The maximum Gasteiger partial charge on any atom is 0.231 e. The summed E-state index contributed by atoms with van der Waals surface area (Å²) in [6.45, 7) is 0.279. The molecule has 0 unspecified atom stereocenters. The first kappa shape index (κ1) is 10.3. The second-order valence-electron chi connectivity index (χ2n) is 4.53. The van der Waals surface area contributed by atoms with Crippen LogP contribution < -0.4 is 15.2 Å². The molecule has 0 atom stereocenters. The Morgan fingerprint density at radius 2 is 1.84 bits per heavy atom. The minimum atomic E-state index is 0.279. The molecule has 1 aromatic heterocycles. The van der Waals surface area contributed by atoms with Crippen molar-refractivity contribution >= 4 is 16.6 Å². The van der Waals surface area contributed by atoms with Gasteiger partial charge in [0.2, 0.25) is 6.79 Å². The molecule has 0 saturated carbocycles. The van der Waals surface area contributed by atoms with Crippen LogP contribution in [0.15, 0.2) is 42.5 Å². The van der Waals surface area contributed by atoms with Crippen LogP contribution in [0.3, 0.4) is 0 Å². The minimum absolute atomic E-state index is 0.279. The van der Waals surface area contributed by atoms with E-state index in [1.807, 2.05) is 42.5 Å². The minimum Gasteiger partial charge on any atom is -0.454 e. The molecule has 0 spiro atoms. The Bertz CT molecular complexity index is 777. The lowest BCUT2D eigenvalue weighted by Crippen LogP contribution is -1.92. The standard InChI is InChI=1S/C15H12N2O2/c16-14-10-3-1-2-4-11(10)17-15(14)9-5-6-12-13(7-9)19-8-18-12/h1-7,17H,8,16H2. The van der Waals surface area contributed by atoms with E-state index in [2.05, 4.69) is 4.98 Å². The van der Waals surface area contributed by atoms with Gasteiger partial charge in [0.15, 0.2) is 11.5 Å². The summed E-state index contributed by atoms with van der Waals surface area (Å²) in [5.74, 6) is 1.54. The number of fused-ring (bicyclic) bond motifs is 2. The first-order valence-electron chi connectivity index (χ1n) is 6.09. The van der Waals surface area contributed by atoms with Crippen molar-refractivity contribution in [1.29, 1.82) is 0 Å². The average molecular weight is 252 g/mol. The van der Waals surface area contributed by atoms with Crippen LogP contribution in [-0.4, -0.2) is 11.8 Å². The van der Waals surface area contributed by atoms with Gasteiger partial charge in [-0.3, -0.25) is 0 Å². The highest BCUT2D eigenvalue weighted by Crippen LogP contribution is 2.39. The zero-order chi connectivity index (χ0) is 12.8. The number of nitrogens with two attached hydrogens (primary N) is 1. The molecule has 0 fully saturated rings. The smallest absolute Gasteiger partial charge is 0.231 e. The van der Waals surface area contributed by atoms with E-state index in [1.54, 1.807) is 0 Å². The highest BCUT2D eigenvalue weighted by molar-refractivity contribution is 6.00. The van der Waals surface area contributed by atoms with Gasteiger partial charge in [-0.25, -0.2) is 0 Å². The number of hydrogen-bond donors (Lipinski definition) is 2. The Morgan fingerprint density at radius 3 is 2.74 bits per heavy atom. The molecule has 0 radical (unpaired) electrons. The number of rotatable bonds is 1. The molecule has 1 aliphatic rings. The molecular formula is C15H12N2O2. The summed E-state index contributed by atoms with van der Waals surface area (Å²) < 4.78 is 10.7. The number of anilines is 1. The van der Waals surface area contributed by atoms with E-state index < -0.39 is 0 Å². The molecule has 3 N–H and O–H groups in total. The Hall–Kier alpha value is -2.62. The molecule has 0 bridgehead atoms. The van der Waals surface area contributed by atoms with Crippen molar-refractivity contribution in [2.45, 2.75) is 0 Å². The van der Waals surface area contributed by atoms with Gasteiger partial charge in [0, 0.05) is 16.5 Å². The summed E-state index contributed by atoms with van der Waals surface area (Å²) in [7, 11) is 0. The lowest BCUT2D eigenvalue weighted by atomic mass is 10.1. The lowest BCUT2D eigenvalue weighted by Gasteiger charge is -2.02. The van der Waals surface area contributed by atoms with Gasteiger partial charge in [0.25, 0.3) is 0 Å². The molecule has 1 aliphatic heterocycles. The summed E-state index contributed by atoms with van der Waals surface area (Å²) in [4.78, 5) is 3.35. The zero-order valence-electron chi connectivity index (χ0n) is 10.1. The summed E-state index contributed by atoms with van der Waals surface area (Å²) in [5, 5.41) is 1.04. The number of para-hydroxylation sites is 1. The first-order valence-corrected chi connectivity index (χ1v) is 6.09. The van der Waals surface area contributed by atoms with Crippen LogP contribution in [0.1, 0.15) is 0 Å². The highest BCUT2D eigenvalue weighted by Gasteiger charge is 2.16. The highest BCUT2D eigenvalue weighted by atomic mass is 16.7. The van der Waals surface area contributed by atoms with Gasteiger partial charge in [-0.2, -0.15) is 0 Å². The number of hydrogen-bond acceptors (Lipinski definition) is 3. The van der Waals surface area contributed by atoms with Gasteiger partial charge in [-0.1, -0.05) is 18.2 Å². The zero-order valence-corrected chi connectivity index (χ0v) is 10.1. The van der Waals surface area contributed by atoms with Crippen molar-refractivity contribution in [3.05, 3.63) is 42.5 Å². The second kappa shape index (κ2) is 3.68. The van der Waals surface area contributed by atoms with Gasteiger partial charge in [-0.15, -0.1) is 0 Å². The summed E-state index contributed by atoms with van der Waals surface area (Å²) in [6, 6.07) is 13.8. The summed E-state index contributed by atoms with van der Waals surface area (Å²) in [5.41, 5.74) is 9.92. The van der Waals surface area contributed by atoms with E-state index in [0.717, 1.165) is 39.3 Å². The van der Waals surface area contributed by atoms with Gasteiger partial charge >= 0.3 is 0 Å². The van der Waals surface area contributed by atoms with E-state index in [0.29, 0.717) is 0 Å². The SMILES string of the molecule is Nc1c(-c2ccc3c(c2)OCO3)[nH]c2ccccc12. The van der Waals surface area contributed by atoms with Crippen LogP contribution in [0.5, 0.6) is 11.5 Å². The number of aromatic amines is 1. The fourth-order valence-electron chi connectivity index (χ4n) is 2.44. The van der Waals surface area contributed by atoms with Gasteiger partial charge in [0.1, 0.15) is 0 Å². The van der Waals surface area contributed by atoms with E-state index in [1.165, 1.54) is 0 Å². The molecule has 4 heteroatoms. The monoisotopic (exact) mass is 252 g/mol. The predicted octanol–water partition coefficient (Wildman–Crippen LogP) is 3.15. The van der Waals surface area contributed by atoms with E-state index in [-0.39, 0.29) is 6.79 Å². The summed E-state index contributed by atoms with van der Waals surface area (Å²) in [6.07, 6.45) is 0. The average Bonchev–Trinajstić information content (AvgIpc) is 3.03. The molecule has 19 heavy (non-hydrogen) atoms. The van der Waals surface area contributed by atoms with Crippen molar-refractivity contribution < 1.29 is 9.47 Å². The van der Waals surface area contributed by atoms with Gasteiger partial charge in [-0.05, 0) is 24.3 Å². The van der Waals surface area contributed by atoms with Crippen molar-refractivity contribution in [2.75, 3.05) is 12.5 Å². The Labute approximate surface area is 109 Å². The largest absolute Gasteiger partial charge is 0.454 e. The van der Waals surface area contributed by atoms with Crippen LogP contribution in [0.25, 0.3) is 22.2 Å². The number of nitrogens with one attached hydrogen (secondary N) is 1. The number of ether oxygens (including phenoxy) is 2. The molecule has 94 valence electrons. The second-order valence-corrected chi connectivity index (χ2v) is 4.53.